The molecule has 13 nitrogen and oxygen atoms in total. The van der Waals surface area contributed by atoms with Crippen molar-refractivity contribution in [3.05, 3.63) is 42.1 Å². The first-order valence-electron chi connectivity index (χ1n) is 14.7. The maximum Gasteiger partial charge on any atom is 0.527 e. The highest BCUT2D eigenvalue weighted by molar-refractivity contribution is 7.99. The largest absolute Gasteiger partial charge is 0.527 e. The van der Waals surface area contributed by atoms with Crippen LogP contribution < -0.4 is 10.2 Å². The van der Waals surface area contributed by atoms with E-state index >= 15 is 0 Å². The van der Waals surface area contributed by atoms with E-state index in [0.29, 0.717) is 11.6 Å². The van der Waals surface area contributed by atoms with Crippen molar-refractivity contribution in [1.82, 2.24) is 25.2 Å². The SMILES string of the molecule is CCOC(=O)ON1CCN(C(=O)[C@H](CCC(=O)OC(C)(C)C)NC(=O)c2cc(N3CCSC3)nc(-c3ccccc3)n2)CC1. The highest BCUT2D eigenvalue weighted by Gasteiger charge is 2.32. The van der Waals surface area contributed by atoms with E-state index in [4.69, 9.17) is 19.3 Å². The number of hydrogen-bond acceptors (Lipinski definition) is 12. The molecule has 0 aliphatic carbocycles. The Balaban J connectivity index is 1.52. The molecule has 0 unspecified atom stereocenters. The van der Waals surface area contributed by atoms with Gasteiger partial charge in [0.1, 0.15) is 23.2 Å². The quantitative estimate of drug-likeness (QED) is 0.386. The van der Waals surface area contributed by atoms with Crippen LogP contribution in [-0.2, 0) is 23.9 Å². The monoisotopic (exact) mass is 628 g/mol. The minimum atomic E-state index is -1.02. The van der Waals surface area contributed by atoms with E-state index in [1.165, 1.54) is 5.06 Å². The van der Waals surface area contributed by atoms with E-state index in [-0.39, 0.29) is 57.2 Å². The molecule has 0 spiro atoms. The second-order valence-electron chi connectivity index (χ2n) is 11.3. The van der Waals surface area contributed by atoms with Crippen molar-refractivity contribution in [3.8, 4) is 11.4 Å². The van der Waals surface area contributed by atoms with Crippen molar-refractivity contribution in [2.45, 2.75) is 52.2 Å². The van der Waals surface area contributed by atoms with Crippen LogP contribution in [0.3, 0.4) is 0 Å². The Kier molecular flexibility index (Phi) is 11.4. The molecule has 2 aliphatic rings. The number of hydrogen-bond donors (Lipinski definition) is 1. The number of carbonyl (C=O) groups excluding carboxylic acids is 4. The first-order valence-corrected chi connectivity index (χ1v) is 15.9. The lowest BCUT2D eigenvalue weighted by atomic mass is 10.1. The van der Waals surface area contributed by atoms with Gasteiger partial charge in [-0.25, -0.2) is 14.8 Å². The van der Waals surface area contributed by atoms with E-state index in [0.717, 1.165) is 23.7 Å². The number of thioether (sulfide) groups is 1. The fraction of sp³-hybridized carbons (Fsp3) is 0.533. The molecule has 2 amide bonds. The van der Waals surface area contributed by atoms with Crippen molar-refractivity contribution in [2.75, 3.05) is 55.9 Å². The zero-order valence-electron chi connectivity index (χ0n) is 25.6. The number of nitrogens with zero attached hydrogens (tertiary/aromatic N) is 5. The highest BCUT2D eigenvalue weighted by Crippen LogP contribution is 2.25. The molecular formula is C30H40N6O7S. The molecule has 1 N–H and O–H groups in total. The number of benzene rings is 1. The zero-order valence-corrected chi connectivity index (χ0v) is 26.4. The third kappa shape index (κ3) is 9.55. The number of aromatic nitrogens is 2. The first-order chi connectivity index (χ1) is 21.0. The summed E-state index contributed by atoms with van der Waals surface area (Å²) in [5.74, 6) is 1.35. The maximum atomic E-state index is 13.7. The van der Waals surface area contributed by atoms with Gasteiger partial charge in [-0.05, 0) is 34.1 Å². The molecule has 1 aromatic carbocycles. The summed E-state index contributed by atoms with van der Waals surface area (Å²) in [5, 5.41) is 4.27. The van der Waals surface area contributed by atoms with Gasteiger partial charge in [-0.2, -0.15) is 0 Å². The third-order valence-corrected chi connectivity index (χ3v) is 7.70. The summed E-state index contributed by atoms with van der Waals surface area (Å²) in [7, 11) is 0. The maximum absolute atomic E-state index is 13.7. The summed E-state index contributed by atoms with van der Waals surface area (Å²) in [6.07, 6.45) is -0.845. The van der Waals surface area contributed by atoms with Crippen LogP contribution in [0.2, 0.25) is 0 Å². The second-order valence-corrected chi connectivity index (χ2v) is 12.4. The van der Waals surface area contributed by atoms with Crippen LogP contribution in [0.15, 0.2) is 36.4 Å². The van der Waals surface area contributed by atoms with Crippen molar-refractivity contribution in [3.63, 3.8) is 0 Å². The molecule has 2 saturated heterocycles. The molecule has 44 heavy (non-hydrogen) atoms. The Morgan fingerprint density at radius 1 is 1.02 bits per heavy atom. The number of esters is 1. The summed E-state index contributed by atoms with van der Waals surface area (Å²) in [5.41, 5.74) is 0.193. The Morgan fingerprint density at radius 3 is 2.39 bits per heavy atom. The first kappa shape index (κ1) is 33.0. The summed E-state index contributed by atoms with van der Waals surface area (Å²) < 4.78 is 10.3. The molecule has 0 saturated carbocycles. The van der Waals surface area contributed by atoms with Gasteiger partial charge >= 0.3 is 12.1 Å². The molecule has 2 aromatic rings. The molecule has 1 atom stereocenters. The van der Waals surface area contributed by atoms with Gasteiger partial charge in [0.2, 0.25) is 5.91 Å². The number of rotatable bonds is 10. The molecule has 238 valence electrons. The van der Waals surface area contributed by atoms with Crippen LogP contribution in [0.4, 0.5) is 10.6 Å². The predicted molar refractivity (Wildman–Crippen MR) is 165 cm³/mol. The standard InChI is InChI=1S/C30H40N6O7S/c1-5-41-29(40)43-36-15-13-34(14-16-36)28(39)22(11-12-25(37)42-30(2,3)4)32-27(38)23-19-24(35-17-18-44-20-35)33-26(31-23)21-9-7-6-8-10-21/h6-10,19,22H,5,11-18,20H2,1-4H3,(H,32,38)/t22-/m0/s1. The fourth-order valence-corrected chi connectivity index (χ4v) is 5.60. The summed E-state index contributed by atoms with van der Waals surface area (Å²) in [6.45, 7) is 8.99. The van der Waals surface area contributed by atoms with Crippen LogP contribution in [0.25, 0.3) is 11.4 Å². The van der Waals surface area contributed by atoms with Gasteiger partial charge in [0.05, 0.1) is 25.6 Å². The number of anilines is 1. The van der Waals surface area contributed by atoms with E-state index in [9.17, 15) is 19.2 Å². The number of piperazine rings is 1. The van der Waals surface area contributed by atoms with Gasteiger partial charge < -0.3 is 29.4 Å². The normalized spacial score (nSPS) is 16.3. The predicted octanol–water partition coefficient (Wildman–Crippen LogP) is 3.11. The van der Waals surface area contributed by atoms with E-state index in [1.807, 2.05) is 30.3 Å². The van der Waals surface area contributed by atoms with Gasteiger partial charge in [-0.3, -0.25) is 14.4 Å². The Labute approximate surface area is 261 Å². The summed E-state index contributed by atoms with van der Waals surface area (Å²) in [4.78, 5) is 69.8. The van der Waals surface area contributed by atoms with E-state index in [1.54, 1.807) is 50.4 Å². The fourth-order valence-electron chi connectivity index (χ4n) is 4.64. The van der Waals surface area contributed by atoms with Crippen LogP contribution in [0.1, 0.15) is 51.0 Å². The number of nitrogens with one attached hydrogen (secondary N) is 1. The average Bonchev–Trinajstić information content (AvgIpc) is 3.54. The smallest absolute Gasteiger partial charge is 0.460 e. The lowest BCUT2D eigenvalue weighted by Gasteiger charge is -2.35. The van der Waals surface area contributed by atoms with Crippen LogP contribution in [0, 0.1) is 0 Å². The molecule has 0 bridgehead atoms. The van der Waals surface area contributed by atoms with Gasteiger partial charge in [-0.15, -0.1) is 16.8 Å². The van der Waals surface area contributed by atoms with Crippen LogP contribution in [0.5, 0.6) is 0 Å². The highest BCUT2D eigenvalue weighted by atomic mass is 32.2. The van der Waals surface area contributed by atoms with Gasteiger partial charge in [0.15, 0.2) is 5.82 Å². The number of amides is 2. The van der Waals surface area contributed by atoms with Crippen LogP contribution in [-0.4, -0.2) is 106 Å². The molecule has 0 radical (unpaired) electrons. The number of hydroxylamine groups is 2. The lowest BCUT2D eigenvalue weighted by molar-refractivity contribution is -0.158. The molecule has 2 fully saturated rings. The molecule has 4 rings (SSSR count). The molecular weight excluding hydrogens is 588 g/mol. The van der Waals surface area contributed by atoms with Crippen LogP contribution >= 0.6 is 11.8 Å². The molecule has 14 heteroatoms. The van der Waals surface area contributed by atoms with Crippen molar-refractivity contribution in [2.24, 2.45) is 0 Å². The summed E-state index contributed by atoms with van der Waals surface area (Å²) >= 11 is 1.77. The molecule has 2 aliphatic heterocycles. The molecule has 3 heterocycles. The zero-order chi connectivity index (χ0) is 31.7. The van der Waals surface area contributed by atoms with Gasteiger partial charge in [0, 0.05) is 43.4 Å². The van der Waals surface area contributed by atoms with E-state index in [2.05, 4.69) is 15.2 Å². The average molecular weight is 629 g/mol. The van der Waals surface area contributed by atoms with Gasteiger partial charge in [-0.1, -0.05) is 30.3 Å². The van der Waals surface area contributed by atoms with Crippen molar-refractivity contribution < 1.29 is 33.5 Å². The van der Waals surface area contributed by atoms with Crippen molar-refractivity contribution in [1.29, 1.82) is 0 Å². The Hall–Kier alpha value is -3.91. The minimum Gasteiger partial charge on any atom is -0.460 e. The van der Waals surface area contributed by atoms with E-state index < -0.39 is 29.7 Å². The van der Waals surface area contributed by atoms with Gasteiger partial charge in [0.25, 0.3) is 5.91 Å². The third-order valence-electron chi connectivity index (χ3n) is 6.73. The molecule has 1 aromatic heterocycles. The summed E-state index contributed by atoms with van der Waals surface area (Å²) in [6, 6.07) is 10.00. The topological polar surface area (TPSA) is 144 Å². The lowest BCUT2D eigenvalue weighted by Crippen LogP contribution is -2.55. The number of carbonyl (C=O) groups is 4. The Morgan fingerprint density at radius 2 is 1.75 bits per heavy atom. The van der Waals surface area contributed by atoms with Crippen molar-refractivity contribution >= 4 is 41.5 Å². The minimum absolute atomic E-state index is 0.0330. The Bertz CT molecular complexity index is 1310. The number of ether oxygens (including phenoxy) is 2. The second kappa shape index (κ2) is 15.2.